The molecule has 0 aromatic heterocycles. The predicted octanol–water partition coefficient (Wildman–Crippen LogP) is 3.53. The minimum Gasteiger partial charge on any atom is -0.302 e. The highest BCUT2D eigenvalue weighted by molar-refractivity contribution is 6.30. The summed E-state index contributed by atoms with van der Waals surface area (Å²) in [5.74, 6) is 0.280. The van der Waals surface area contributed by atoms with Gasteiger partial charge in [-0.25, -0.2) is 0 Å². The second kappa shape index (κ2) is 7.46. The Morgan fingerprint density at radius 1 is 1.35 bits per heavy atom. The number of halogens is 1. The first-order chi connectivity index (χ1) is 8.08. The average Bonchev–Trinajstić information content (AvgIpc) is 2.24. The number of carbonyl (C=O) groups is 1. The van der Waals surface area contributed by atoms with Crippen molar-refractivity contribution in [3.63, 3.8) is 0 Å². The number of benzene rings is 1. The van der Waals surface area contributed by atoms with E-state index in [1.54, 1.807) is 6.92 Å². The third kappa shape index (κ3) is 6.44. The second-order valence-electron chi connectivity index (χ2n) is 4.53. The highest BCUT2D eigenvalue weighted by Gasteiger charge is 2.01. The van der Waals surface area contributed by atoms with Crippen LogP contribution in [0.1, 0.15) is 31.7 Å². The summed E-state index contributed by atoms with van der Waals surface area (Å²) in [6.45, 7) is 3.57. The molecule has 0 aliphatic carbocycles. The van der Waals surface area contributed by atoms with Crippen LogP contribution in [0.15, 0.2) is 24.3 Å². The monoisotopic (exact) mass is 253 g/mol. The molecule has 0 radical (unpaired) electrons. The Hall–Kier alpha value is -0.860. The fourth-order valence-corrected chi connectivity index (χ4v) is 1.99. The first kappa shape index (κ1) is 14.2. The topological polar surface area (TPSA) is 20.3 Å². The molecule has 0 saturated heterocycles. The van der Waals surface area contributed by atoms with Gasteiger partial charge in [-0.2, -0.15) is 0 Å². The molecule has 0 aliphatic rings. The van der Waals surface area contributed by atoms with Crippen molar-refractivity contribution in [1.29, 1.82) is 0 Å². The largest absolute Gasteiger partial charge is 0.302 e. The predicted molar refractivity (Wildman–Crippen MR) is 72.3 cm³/mol. The number of carbonyl (C=O) groups excluding carboxylic acids is 1. The average molecular weight is 254 g/mol. The lowest BCUT2D eigenvalue weighted by Gasteiger charge is -2.16. The smallest absolute Gasteiger partial charge is 0.129 e. The van der Waals surface area contributed by atoms with E-state index in [1.807, 2.05) is 18.2 Å². The van der Waals surface area contributed by atoms with Gasteiger partial charge in [0.15, 0.2) is 0 Å². The molecule has 1 aromatic carbocycles. The summed E-state index contributed by atoms with van der Waals surface area (Å²) in [5, 5.41) is 0.785. The molecule has 0 spiro atoms. The number of Topliss-reactive ketones (excluding diaryl/α,β-unsaturated/α-hetero) is 1. The van der Waals surface area contributed by atoms with E-state index < -0.39 is 0 Å². The number of rotatable bonds is 7. The Bertz CT molecular complexity index is 365. The molecule has 3 heteroatoms. The Kier molecular flexibility index (Phi) is 6.23. The van der Waals surface area contributed by atoms with Gasteiger partial charge in [-0.05, 0) is 51.1 Å². The molecule has 0 heterocycles. The van der Waals surface area contributed by atoms with E-state index in [0.717, 1.165) is 31.0 Å². The van der Waals surface area contributed by atoms with Gasteiger partial charge in [0.05, 0.1) is 0 Å². The molecule has 0 saturated carbocycles. The van der Waals surface area contributed by atoms with Gasteiger partial charge >= 0.3 is 0 Å². The number of unbranched alkanes of at least 4 members (excludes halogenated alkanes) is 1. The molecular formula is C14H20ClNO. The lowest BCUT2D eigenvalue weighted by molar-refractivity contribution is -0.117. The summed E-state index contributed by atoms with van der Waals surface area (Å²) in [6.07, 6.45) is 2.75. The Balaban J connectivity index is 2.25. The lowest BCUT2D eigenvalue weighted by atomic mass is 10.1. The van der Waals surface area contributed by atoms with E-state index in [0.29, 0.717) is 6.42 Å². The van der Waals surface area contributed by atoms with Gasteiger partial charge in [-0.3, -0.25) is 0 Å². The highest BCUT2D eigenvalue weighted by Crippen LogP contribution is 2.12. The fourth-order valence-electron chi connectivity index (χ4n) is 1.78. The maximum absolute atomic E-state index is 10.8. The third-order valence-corrected chi connectivity index (χ3v) is 2.90. The minimum absolute atomic E-state index is 0.280. The molecule has 0 N–H and O–H groups in total. The van der Waals surface area contributed by atoms with E-state index >= 15 is 0 Å². The van der Waals surface area contributed by atoms with Crippen molar-refractivity contribution < 1.29 is 4.79 Å². The van der Waals surface area contributed by atoms with Crippen molar-refractivity contribution in [3.05, 3.63) is 34.9 Å². The first-order valence-electron chi connectivity index (χ1n) is 6.00. The molecule has 0 amide bonds. The van der Waals surface area contributed by atoms with Crippen LogP contribution < -0.4 is 0 Å². The molecule has 17 heavy (non-hydrogen) atoms. The Morgan fingerprint density at radius 3 is 2.76 bits per heavy atom. The summed E-state index contributed by atoms with van der Waals surface area (Å²) >= 11 is 5.93. The zero-order valence-electron chi connectivity index (χ0n) is 10.6. The number of nitrogens with zero attached hydrogens (tertiary/aromatic N) is 1. The van der Waals surface area contributed by atoms with Gasteiger partial charge < -0.3 is 9.69 Å². The van der Waals surface area contributed by atoms with E-state index in [4.69, 9.17) is 11.6 Å². The van der Waals surface area contributed by atoms with Crippen LogP contribution in [0, 0.1) is 0 Å². The summed E-state index contributed by atoms with van der Waals surface area (Å²) < 4.78 is 0. The number of hydrogen-bond acceptors (Lipinski definition) is 2. The molecule has 0 bridgehead atoms. The van der Waals surface area contributed by atoms with Crippen LogP contribution in [0.25, 0.3) is 0 Å². The highest BCUT2D eigenvalue weighted by atomic mass is 35.5. The van der Waals surface area contributed by atoms with Gasteiger partial charge in [0.1, 0.15) is 5.78 Å². The molecular weight excluding hydrogens is 234 g/mol. The summed E-state index contributed by atoms with van der Waals surface area (Å²) in [4.78, 5) is 13.0. The molecule has 1 aromatic rings. The van der Waals surface area contributed by atoms with Gasteiger partial charge in [-0.15, -0.1) is 0 Å². The Morgan fingerprint density at radius 2 is 2.12 bits per heavy atom. The standard InChI is InChI=1S/C14H20ClNO/c1-12(17)6-3-4-9-16(2)11-13-7-5-8-14(15)10-13/h5,7-8,10H,3-4,6,9,11H2,1-2H3. The van der Waals surface area contributed by atoms with Gasteiger partial charge in [0.25, 0.3) is 0 Å². The number of ketones is 1. The second-order valence-corrected chi connectivity index (χ2v) is 4.96. The van der Waals surface area contributed by atoms with Crippen LogP contribution in [0.5, 0.6) is 0 Å². The van der Waals surface area contributed by atoms with E-state index in [2.05, 4.69) is 18.0 Å². The zero-order valence-corrected chi connectivity index (χ0v) is 11.3. The normalized spacial score (nSPS) is 10.8. The van der Waals surface area contributed by atoms with E-state index in [1.165, 1.54) is 5.56 Å². The van der Waals surface area contributed by atoms with Gasteiger partial charge in [0, 0.05) is 18.0 Å². The lowest BCUT2D eigenvalue weighted by Crippen LogP contribution is -2.19. The zero-order chi connectivity index (χ0) is 12.7. The quantitative estimate of drug-likeness (QED) is 0.693. The molecule has 1 rings (SSSR count). The summed E-state index contributed by atoms with van der Waals surface area (Å²) in [5.41, 5.74) is 1.23. The summed E-state index contributed by atoms with van der Waals surface area (Å²) in [6, 6.07) is 7.94. The van der Waals surface area contributed by atoms with Gasteiger partial charge in [0.2, 0.25) is 0 Å². The van der Waals surface area contributed by atoms with Crippen LogP contribution in [-0.2, 0) is 11.3 Å². The molecule has 0 atom stereocenters. The van der Waals surface area contributed by atoms with Crippen molar-refractivity contribution in [2.45, 2.75) is 32.7 Å². The van der Waals surface area contributed by atoms with Crippen LogP contribution in [0.3, 0.4) is 0 Å². The maximum atomic E-state index is 10.8. The van der Waals surface area contributed by atoms with Crippen molar-refractivity contribution in [1.82, 2.24) is 4.90 Å². The minimum atomic E-state index is 0.280. The Labute approximate surface area is 109 Å². The third-order valence-electron chi connectivity index (χ3n) is 2.66. The van der Waals surface area contributed by atoms with Crippen molar-refractivity contribution in [3.8, 4) is 0 Å². The van der Waals surface area contributed by atoms with Crippen LogP contribution in [0.4, 0.5) is 0 Å². The first-order valence-corrected chi connectivity index (χ1v) is 6.38. The molecule has 0 unspecified atom stereocenters. The van der Waals surface area contributed by atoms with Crippen molar-refractivity contribution >= 4 is 17.4 Å². The van der Waals surface area contributed by atoms with Crippen molar-refractivity contribution in [2.24, 2.45) is 0 Å². The fraction of sp³-hybridized carbons (Fsp3) is 0.500. The van der Waals surface area contributed by atoms with E-state index in [-0.39, 0.29) is 5.78 Å². The molecule has 0 aliphatic heterocycles. The van der Waals surface area contributed by atoms with E-state index in [9.17, 15) is 4.79 Å². The molecule has 0 fully saturated rings. The van der Waals surface area contributed by atoms with Gasteiger partial charge in [-0.1, -0.05) is 23.7 Å². The van der Waals surface area contributed by atoms with Crippen LogP contribution in [0.2, 0.25) is 5.02 Å². The van der Waals surface area contributed by atoms with Crippen LogP contribution in [-0.4, -0.2) is 24.3 Å². The van der Waals surface area contributed by atoms with Crippen LogP contribution >= 0.6 is 11.6 Å². The summed E-state index contributed by atoms with van der Waals surface area (Å²) in [7, 11) is 2.09. The SMILES string of the molecule is CC(=O)CCCCN(C)Cc1cccc(Cl)c1. The molecule has 2 nitrogen and oxygen atoms in total. The number of hydrogen-bond donors (Lipinski definition) is 0. The maximum Gasteiger partial charge on any atom is 0.129 e. The van der Waals surface area contributed by atoms with Crippen molar-refractivity contribution in [2.75, 3.05) is 13.6 Å². The molecule has 94 valence electrons.